The quantitative estimate of drug-likeness (QED) is 0.651. The Labute approximate surface area is 129 Å². The molecule has 1 atom stereocenters. The number of primary amides is 1. The lowest BCUT2D eigenvalue weighted by atomic mass is 10.1. The Bertz CT molecular complexity index is 528. The van der Waals surface area contributed by atoms with E-state index in [0.717, 1.165) is 12.0 Å². The van der Waals surface area contributed by atoms with Gasteiger partial charge in [-0.05, 0) is 31.0 Å². The van der Waals surface area contributed by atoms with Crippen LogP contribution < -0.4 is 16.4 Å². The molecular formula is C15H21N3O4. The van der Waals surface area contributed by atoms with Crippen molar-refractivity contribution in [2.75, 3.05) is 6.54 Å². The van der Waals surface area contributed by atoms with Crippen LogP contribution in [0.4, 0.5) is 4.79 Å². The number of carbonyl (C=O) groups excluding carboxylic acids is 3. The van der Waals surface area contributed by atoms with Crippen LogP contribution in [0, 0.1) is 0 Å². The van der Waals surface area contributed by atoms with Crippen molar-refractivity contribution in [3.8, 4) is 0 Å². The van der Waals surface area contributed by atoms with Gasteiger partial charge in [-0.25, -0.2) is 9.59 Å². The zero-order chi connectivity index (χ0) is 16.5. The van der Waals surface area contributed by atoms with Crippen molar-refractivity contribution in [2.45, 2.75) is 32.9 Å². The summed E-state index contributed by atoms with van der Waals surface area (Å²) >= 11 is 0. The molecule has 0 aliphatic rings. The molecular weight excluding hydrogens is 286 g/mol. The van der Waals surface area contributed by atoms with E-state index < -0.39 is 18.1 Å². The topological polar surface area (TPSA) is 111 Å². The molecule has 0 heterocycles. The fourth-order valence-corrected chi connectivity index (χ4v) is 1.62. The number of nitrogens with one attached hydrogen (secondary N) is 2. The molecule has 0 aromatic heterocycles. The van der Waals surface area contributed by atoms with Crippen LogP contribution in [0.15, 0.2) is 24.3 Å². The molecule has 0 aliphatic carbocycles. The minimum atomic E-state index is -0.852. The van der Waals surface area contributed by atoms with Crippen LogP contribution in [-0.4, -0.2) is 30.6 Å². The molecule has 120 valence electrons. The van der Waals surface area contributed by atoms with Gasteiger partial charge in [-0.3, -0.25) is 4.79 Å². The Balaban J connectivity index is 2.54. The van der Waals surface area contributed by atoms with E-state index >= 15 is 0 Å². The average Bonchev–Trinajstić information content (AvgIpc) is 2.50. The predicted molar refractivity (Wildman–Crippen MR) is 81.0 cm³/mol. The van der Waals surface area contributed by atoms with Crippen LogP contribution in [0.2, 0.25) is 0 Å². The highest BCUT2D eigenvalue weighted by molar-refractivity contribution is 5.92. The third kappa shape index (κ3) is 5.82. The van der Waals surface area contributed by atoms with Gasteiger partial charge in [0, 0.05) is 13.1 Å². The first-order valence-electron chi connectivity index (χ1n) is 7.05. The van der Waals surface area contributed by atoms with Crippen LogP contribution in [-0.2, 0) is 16.1 Å². The third-order valence-corrected chi connectivity index (χ3v) is 2.86. The smallest absolute Gasteiger partial charge is 0.338 e. The maximum atomic E-state index is 11.9. The molecule has 1 rings (SSSR count). The van der Waals surface area contributed by atoms with Gasteiger partial charge < -0.3 is 21.1 Å². The Hall–Kier alpha value is -2.57. The van der Waals surface area contributed by atoms with Crippen molar-refractivity contribution in [2.24, 2.45) is 5.73 Å². The Morgan fingerprint density at radius 1 is 1.18 bits per heavy atom. The number of nitrogens with two attached hydrogens (primary N) is 1. The highest BCUT2D eigenvalue weighted by Crippen LogP contribution is 2.07. The van der Waals surface area contributed by atoms with Gasteiger partial charge in [-0.15, -0.1) is 0 Å². The molecule has 0 aliphatic heterocycles. The standard InChI is InChI=1S/C15H21N3O4/c1-3-8-17-13(19)10(2)22-14(20)12-6-4-11(5-7-12)9-18-15(16)21/h4-7,10H,3,8-9H2,1-2H3,(H,17,19)(H3,16,18,21). The van der Waals surface area contributed by atoms with Crippen LogP contribution in [0.5, 0.6) is 0 Å². The molecule has 0 radical (unpaired) electrons. The van der Waals surface area contributed by atoms with Crippen LogP contribution in [0.1, 0.15) is 36.2 Å². The minimum Gasteiger partial charge on any atom is -0.449 e. The number of rotatable bonds is 7. The molecule has 0 saturated carbocycles. The Kier molecular flexibility index (Phi) is 6.88. The van der Waals surface area contributed by atoms with Gasteiger partial charge in [-0.1, -0.05) is 19.1 Å². The maximum absolute atomic E-state index is 11.9. The lowest BCUT2D eigenvalue weighted by molar-refractivity contribution is -0.129. The van der Waals surface area contributed by atoms with E-state index in [1.165, 1.54) is 6.92 Å². The molecule has 0 bridgehead atoms. The third-order valence-electron chi connectivity index (χ3n) is 2.86. The molecule has 3 amide bonds. The predicted octanol–water partition coefficient (Wildman–Crippen LogP) is 0.926. The van der Waals surface area contributed by atoms with Gasteiger partial charge in [0.25, 0.3) is 5.91 Å². The zero-order valence-electron chi connectivity index (χ0n) is 12.7. The number of carbonyl (C=O) groups is 3. The van der Waals surface area contributed by atoms with E-state index in [1.54, 1.807) is 24.3 Å². The van der Waals surface area contributed by atoms with E-state index in [0.29, 0.717) is 12.1 Å². The number of ether oxygens (including phenoxy) is 1. The summed E-state index contributed by atoms with van der Waals surface area (Å²) < 4.78 is 5.09. The molecule has 0 fully saturated rings. The van der Waals surface area contributed by atoms with Crippen LogP contribution in [0.3, 0.4) is 0 Å². The monoisotopic (exact) mass is 307 g/mol. The summed E-state index contributed by atoms with van der Waals surface area (Å²) in [5.74, 6) is -0.897. The first-order valence-corrected chi connectivity index (χ1v) is 7.05. The van der Waals surface area contributed by atoms with Gasteiger partial charge in [0.1, 0.15) is 0 Å². The number of hydrogen-bond donors (Lipinski definition) is 3. The summed E-state index contributed by atoms with van der Waals surface area (Å²) in [6.45, 7) is 4.28. The molecule has 1 unspecified atom stereocenters. The van der Waals surface area contributed by atoms with Gasteiger partial charge in [0.2, 0.25) is 0 Å². The second-order valence-electron chi connectivity index (χ2n) is 4.75. The molecule has 1 aromatic carbocycles. The van der Waals surface area contributed by atoms with Gasteiger partial charge in [-0.2, -0.15) is 0 Å². The molecule has 1 aromatic rings. The van der Waals surface area contributed by atoms with Crippen LogP contribution in [0.25, 0.3) is 0 Å². The molecule has 7 nitrogen and oxygen atoms in total. The number of benzene rings is 1. The van der Waals surface area contributed by atoms with Crippen molar-refractivity contribution in [1.82, 2.24) is 10.6 Å². The van der Waals surface area contributed by atoms with E-state index in [2.05, 4.69) is 10.6 Å². The minimum absolute atomic E-state index is 0.278. The second kappa shape index (κ2) is 8.66. The number of esters is 1. The second-order valence-corrected chi connectivity index (χ2v) is 4.75. The Morgan fingerprint density at radius 3 is 2.36 bits per heavy atom. The van der Waals surface area contributed by atoms with E-state index in [1.807, 2.05) is 6.92 Å². The van der Waals surface area contributed by atoms with Crippen molar-refractivity contribution < 1.29 is 19.1 Å². The summed E-state index contributed by atoms with van der Waals surface area (Å²) in [6.07, 6.45) is -0.0389. The fourth-order valence-electron chi connectivity index (χ4n) is 1.62. The summed E-state index contributed by atoms with van der Waals surface area (Å²) in [5.41, 5.74) is 6.10. The van der Waals surface area contributed by atoms with Crippen molar-refractivity contribution >= 4 is 17.9 Å². The number of hydrogen-bond acceptors (Lipinski definition) is 4. The van der Waals surface area contributed by atoms with E-state index in [4.69, 9.17) is 10.5 Å². The van der Waals surface area contributed by atoms with Crippen molar-refractivity contribution in [3.05, 3.63) is 35.4 Å². The first-order chi connectivity index (χ1) is 10.4. The highest BCUT2D eigenvalue weighted by Gasteiger charge is 2.18. The number of urea groups is 1. The summed E-state index contributed by atoms with van der Waals surface area (Å²) in [6, 6.07) is 5.87. The SMILES string of the molecule is CCCNC(=O)C(C)OC(=O)c1ccc(CNC(N)=O)cc1. The van der Waals surface area contributed by atoms with Gasteiger partial charge in [0.15, 0.2) is 6.10 Å². The highest BCUT2D eigenvalue weighted by atomic mass is 16.5. The normalized spacial score (nSPS) is 11.4. The molecule has 7 heteroatoms. The largest absolute Gasteiger partial charge is 0.449 e. The Morgan fingerprint density at radius 2 is 1.82 bits per heavy atom. The summed E-state index contributed by atoms with van der Waals surface area (Å²) in [4.78, 5) is 34.2. The lowest BCUT2D eigenvalue weighted by Crippen LogP contribution is -2.36. The van der Waals surface area contributed by atoms with Gasteiger partial charge in [0.05, 0.1) is 5.56 Å². The zero-order valence-corrected chi connectivity index (χ0v) is 12.7. The number of amides is 3. The summed E-state index contributed by atoms with van der Waals surface area (Å²) in [5, 5.41) is 5.10. The lowest BCUT2D eigenvalue weighted by Gasteiger charge is -2.13. The molecule has 0 saturated heterocycles. The van der Waals surface area contributed by atoms with E-state index in [-0.39, 0.29) is 12.5 Å². The van der Waals surface area contributed by atoms with E-state index in [9.17, 15) is 14.4 Å². The molecule has 0 spiro atoms. The first kappa shape index (κ1) is 17.5. The maximum Gasteiger partial charge on any atom is 0.338 e. The fraction of sp³-hybridized carbons (Fsp3) is 0.400. The summed E-state index contributed by atoms with van der Waals surface area (Å²) in [7, 11) is 0. The molecule has 4 N–H and O–H groups in total. The molecule has 22 heavy (non-hydrogen) atoms. The van der Waals surface area contributed by atoms with Crippen LogP contribution >= 0.6 is 0 Å². The van der Waals surface area contributed by atoms with Crippen molar-refractivity contribution in [1.29, 1.82) is 0 Å². The van der Waals surface area contributed by atoms with Gasteiger partial charge >= 0.3 is 12.0 Å². The average molecular weight is 307 g/mol. The van der Waals surface area contributed by atoms with Crippen molar-refractivity contribution in [3.63, 3.8) is 0 Å².